The van der Waals surface area contributed by atoms with Gasteiger partial charge in [-0.05, 0) is 88.2 Å². The van der Waals surface area contributed by atoms with Crippen molar-refractivity contribution in [1.82, 2.24) is 10.6 Å². The van der Waals surface area contributed by atoms with Crippen molar-refractivity contribution in [3.63, 3.8) is 0 Å². The number of hydrogen-bond donors (Lipinski definition) is 3. The third-order valence-electron chi connectivity index (χ3n) is 9.91. The molecule has 5 unspecified atom stereocenters. The van der Waals surface area contributed by atoms with E-state index in [2.05, 4.69) is 58.8 Å². The minimum Gasteiger partial charge on any atom is -0.509 e. The van der Waals surface area contributed by atoms with Crippen LogP contribution in [-0.4, -0.2) is 99.0 Å². The highest BCUT2D eigenvalue weighted by Crippen LogP contribution is 2.55. The fraction of sp³-hybridized carbons (Fsp3) is 0.538. The van der Waals surface area contributed by atoms with E-state index in [1.54, 1.807) is 25.1 Å². The summed E-state index contributed by atoms with van der Waals surface area (Å²) in [4.78, 5) is 25.7. The number of aliphatic hydroxyl groups is 1. The highest BCUT2D eigenvalue weighted by molar-refractivity contribution is 9.10. The molecular formula is C39H46Br2Cl2F6N2O8P2S2. The second kappa shape index (κ2) is 20.9. The van der Waals surface area contributed by atoms with Crippen molar-refractivity contribution in [2.45, 2.75) is 89.0 Å². The Bertz CT molecular complexity index is 2220. The minimum atomic E-state index is -4.55. The Morgan fingerprint density at radius 2 is 1.19 bits per heavy atom. The van der Waals surface area contributed by atoms with Gasteiger partial charge in [-0.2, -0.15) is 26.3 Å². The Morgan fingerprint density at radius 3 is 1.62 bits per heavy atom. The van der Waals surface area contributed by atoms with Crippen molar-refractivity contribution >= 4 is 114 Å². The second-order valence-electron chi connectivity index (χ2n) is 15.8. The number of carbonyl (C=O) groups is 2. The van der Waals surface area contributed by atoms with E-state index in [0.29, 0.717) is 65.6 Å². The first-order chi connectivity index (χ1) is 28.8. The molecule has 10 nitrogen and oxygen atoms in total. The molecule has 0 aromatic heterocycles. The summed E-state index contributed by atoms with van der Waals surface area (Å²) in [7, 11) is 0. The van der Waals surface area contributed by atoms with Gasteiger partial charge < -0.3 is 38.8 Å². The van der Waals surface area contributed by atoms with Crippen molar-refractivity contribution in [1.29, 1.82) is 0 Å². The zero-order chi connectivity index (χ0) is 47.7. The number of benzene rings is 2. The molecule has 6 rings (SSSR count). The van der Waals surface area contributed by atoms with E-state index in [4.69, 9.17) is 53.5 Å². The Labute approximate surface area is 399 Å². The number of aliphatic hydroxyl groups excluding tert-OH is 1. The number of ether oxygens (including phenoxy) is 2. The fourth-order valence-corrected chi connectivity index (χ4v) is 11.6. The smallest absolute Gasteiger partial charge is 0.412 e. The lowest BCUT2D eigenvalue weighted by Crippen LogP contribution is -2.51. The Balaban J connectivity index is 0.000000236. The van der Waals surface area contributed by atoms with Gasteiger partial charge in [0.1, 0.15) is 29.2 Å². The molecule has 2 aromatic carbocycles. The van der Waals surface area contributed by atoms with Crippen LogP contribution in [0, 0.1) is 13.8 Å². The Hall–Kier alpha value is -1.28. The quantitative estimate of drug-likeness (QED) is 0.174. The molecule has 2 spiro atoms. The molecule has 0 aliphatic carbocycles. The fourth-order valence-electron chi connectivity index (χ4n) is 7.43. The van der Waals surface area contributed by atoms with Crippen molar-refractivity contribution in [2.24, 2.45) is 0 Å². The van der Waals surface area contributed by atoms with Gasteiger partial charge in [0.05, 0.1) is 39.7 Å². The number of aryl methyl sites for hydroxylation is 2. The summed E-state index contributed by atoms with van der Waals surface area (Å²) in [5.41, 5.74) is 1.33. The molecule has 4 heterocycles. The molecule has 0 radical (unpaired) electrons. The van der Waals surface area contributed by atoms with Gasteiger partial charge in [0.25, 0.3) is 11.8 Å². The van der Waals surface area contributed by atoms with Crippen LogP contribution < -0.4 is 10.6 Å². The molecule has 63 heavy (non-hydrogen) atoms. The normalized spacial score (nSPS) is 25.0. The summed E-state index contributed by atoms with van der Waals surface area (Å²) in [6, 6.07) is 7.04. The van der Waals surface area contributed by atoms with Crippen molar-refractivity contribution in [3.8, 4) is 0 Å². The van der Waals surface area contributed by atoms with E-state index in [1.807, 2.05) is 26.8 Å². The van der Waals surface area contributed by atoms with E-state index < -0.39 is 55.3 Å². The van der Waals surface area contributed by atoms with Gasteiger partial charge in [-0.3, -0.25) is 9.59 Å². The topological polar surface area (TPSA) is 125 Å². The molecule has 2 fully saturated rings. The lowest BCUT2D eigenvalue weighted by atomic mass is 9.85. The van der Waals surface area contributed by atoms with Crippen LogP contribution in [0.25, 0.3) is 11.1 Å². The van der Waals surface area contributed by atoms with Gasteiger partial charge in [-0.1, -0.05) is 66.9 Å². The van der Waals surface area contributed by atoms with Crippen molar-refractivity contribution in [3.05, 3.63) is 77.0 Å². The van der Waals surface area contributed by atoms with Crippen molar-refractivity contribution in [2.75, 3.05) is 46.4 Å². The van der Waals surface area contributed by atoms with Gasteiger partial charge in [0.2, 0.25) is 6.49 Å². The maximum absolute atomic E-state index is 13.2. The van der Waals surface area contributed by atoms with Crippen LogP contribution >= 0.6 is 67.8 Å². The van der Waals surface area contributed by atoms with Crippen LogP contribution in [0.2, 0.25) is 10.0 Å². The average Bonchev–Trinajstić information content (AvgIpc) is 3.48. The highest BCUT2D eigenvalue weighted by Gasteiger charge is 2.52. The predicted octanol–water partition coefficient (Wildman–Crippen LogP) is 11.7. The van der Waals surface area contributed by atoms with E-state index in [0.717, 1.165) is 14.5 Å². The summed E-state index contributed by atoms with van der Waals surface area (Å²) in [5.74, 6) is -0.450. The lowest BCUT2D eigenvalue weighted by Gasteiger charge is -2.39. The maximum Gasteiger partial charge on any atom is 0.412 e. The van der Waals surface area contributed by atoms with Gasteiger partial charge in [-0.25, -0.2) is 0 Å². The van der Waals surface area contributed by atoms with Crippen LogP contribution in [0.3, 0.4) is 0 Å². The van der Waals surface area contributed by atoms with Gasteiger partial charge >= 0.3 is 12.4 Å². The van der Waals surface area contributed by atoms with Gasteiger partial charge in [0.15, 0.2) is 6.61 Å². The predicted molar refractivity (Wildman–Crippen MR) is 247 cm³/mol. The van der Waals surface area contributed by atoms with E-state index in [9.17, 15) is 41.0 Å². The molecule has 2 amide bonds. The first kappa shape index (κ1) is 54.3. The molecule has 352 valence electrons. The number of carbonyl (C=O) groups excluding carboxylic acids is 2. The highest BCUT2D eigenvalue weighted by atomic mass is 79.9. The Morgan fingerprint density at radius 1 is 0.778 bits per heavy atom. The summed E-state index contributed by atoms with van der Waals surface area (Å²) >= 11 is 29.5. The molecule has 0 saturated carbocycles. The zero-order valence-corrected chi connectivity index (χ0v) is 43.0. The number of amides is 2. The maximum atomic E-state index is 13.2. The molecule has 3 N–H and O–H groups in total. The van der Waals surface area contributed by atoms with E-state index >= 15 is 0 Å². The summed E-state index contributed by atoms with van der Waals surface area (Å²) < 4.78 is 101. The SMILES string of the molecule is CP(C)(=S)OCC(F)(F)F.Cc1cc(Br)cc(Cl)c1C1=C(O)C2(CCOC(C)C2)NC1=O.Cc1cc(Br)cc(Cl)c1C1=C(OP(C)(=S)OCC(F)(F)F)C2(CCOC(C)C2)NC1=O. The number of hydrogen-bond acceptors (Lipinski definition) is 10. The van der Waals surface area contributed by atoms with E-state index in [1.165, 1.54) is 20.0 Å². The first-order valence-electron chi connectivity index (χ1n) is 19.0. The second-order valence-corrected chi connectivity index (χ2v) is 27.8. The summed E-state index contributed by atoms with van der Waals surface area (Å²) in [5, 5.41) is 17.5. The average molecular weight is 1140 g/mol. The molecule has 4 aliphatic heterocycles. The Kier molecular flexibility index (Phi) is 18.0. The summed E-state index contributed by atoms with van der Waals surface area (Å²) in [6.07, 6.45) is -9.31. The van der Waals surface area contributed by atoms with Gasteiger partial charge in [-0.15, -0.1) is 0 Å². The van der Waals surface area contributed by atoms with Crippen LogP contribution in [-0.2, 0) is 56.2 Å². The third-order valence-corrected chi connectivity index (χ3v) is 14.1. The monoisotopic (exact) mass is 1140 g/mol. The first-order valence-corrected chi connectivity index (χ1v) is 28.1. The third kappa shape index (κ3) is 14.6. The summed E-state index contributed by atoms with van der Waals surface area (Å²) in [6.45, 7) is 6.46. The molecule has 5 atom stereocenters. The number of nitrogens with one attached hydrogen (secondary N) is 2. The van der Waals surface area contributed by atoms with Crippen LogP contribution in [0.15, 0.2) is 44.7 Å². The molecule has 24 heteroatoms. The molecule has 2 aromatic rings. The van der Waals surface area contributed by atoms with E-state index in [-0.39, 0.29) is 40.8 Å². The largest absolute Gasteiger partial charge is 0.509 e. The lowest BCUT2D eigenvalue weighted by molar-refractivity contribution is -0.153. The van der Waals surface area contributed by atoms with Gasteiger partial charge in [0, 0.05) is 65.6 Å². The minimum absolute atomic E-state index is 0.0166. The van der Waals surface area contributed by atoms with Crippen molar-refractivity contribution < 1.29 is 64.1 Å². The van der Waals surface area contributed by atoms with Crippen LogP contribution in [0.1, 0.15) is 61.8 Å². The standard InChI is InChI=1S/C19H21BrClF3NO4PS.C16H17BrClNO3.C4H8F3OPS/c1-10-6-12(20)7-13(21)14(10)15-16(29-30(3,31)28-9-19(22,23)24)18(25-17(15)26)4-5-27-11(2)8-18;1-8-5-10(17)6-11(18)12(8)13-14(20)16(19-15(13)21)3-4-22-9(2)7-16;1-9(2,10)8-3-4(5,6)7/h6-7,11H,4-5,8-9H2,1-3H3,(H,25,26);5-6,9,20H,3-4,7H2,1-2H3,(H,19,21);3H2,1-2H3. The molecular weight excluding hydrogens is 1100 g/mol. The molecule has 0 bridgehead atoms. The molecule has 2 saturated heterocycles. The van der Waals surface area contributed by atoms with Crippen LogP contribution in [0.4, 0.5) is 26.3 Å². The number of halogens is 10. The number of rotatable bonds is 8. The molecule has 4 aliphatic rings. The zero-order valence-electron chi connectivity index (χ0n) is 34.9. The number of alkyl halides is 6. The van der Waals surface area contributed by atoms with Crippen LogP contribution in [0.5, 0.6) is 0 Å².